The van der Waals surface area contributed by atoms with Crippen LogP contribution in [0.2, 0.25) is 0 Å². The van der Waals surface area contributed by atoms with Crippen LogP contribution in [0.25, 0.3) is 0 Å². The molecule has 1 rings (SSSR count). The molecule has 1 aromatic carbocycles. The van der Waals surface area contributed by atoms with Gasteiger partial charge in [-0.1, -0.05) is 11.6 Å². The topological polar surface area (TPSA) is 55.8 Å². The minimum atomic E-state index is -0.172. The lowest BCUT2D eigenvalue weighted by Gasteiger charge is -2.13. The molecule has 4 nitrogen and oxygen atoms in total. The second kappa shape index (κ2) is 6.95. The van der Waals surface area contributed by atoms with Crippen LogP contribution in [-0.2, 0) is 11.2 Å². The normalized spacial score (nSPS) is 10.1. The first kappa shape index (κ1) is 15.2. The van der Waals surface area contributed by atoms with Gasteiger partial charge in [0, 0.05) is 12.7 Å². The Kier molecular flexibility index (Phi) is 5.57. The minimum Gasteiger partial charge on any atom is -0.507 e. The lowest BCUT2D eigenvalue weighted by Crippen LogP contribution is -2.04. The predicted octanol–water partition coefficient (Wildman–Crippen LogP) is 3.09. The highest BCUT2D eigenvalue weighted by Crippen LogP contribution is 2.32. The van der Waals surface area contributed by atoms with Gasteiger partial charge in [0.1, 0.15) is 11.5 Å². The standard InChI is InChI=1S/C15H20O4/c1-10(2)5-6-13-14(19-9-18-4)8-7-12(11(3)16)15(13)17/h5,7-8,17H,6,9H2,1-4H3. The summed E-state index contributed by atoms with van der Waals surface area (Å²) in [5.74, 6) is 0.342. The van der Waals surface area contributed by atoms with E-state index in [0.29, 0.717) is 23.3 Å². The van der Waals surface area contributed by atoms with E-state index < -0.39 is 0 Å². The number of ether oxygens (including phenoxy) is 2. The number of carbonyl (C=O) groups is 1. The monoisotopic (exact) mass is 264 g/mol. The Bertz CT molecular complexity index is 485. The van der Waals surface area contributed by atoms with Crippen molar-refractivity contribution in [1.82, 2.24) is 0 Å². The molecular weight excluding hydrogens is 244 g/mol. The number of hydrogen-bond donors (Lipinski definition) is 1. The van der Waals surface area contributed by atoms with Crippen molar-refractivity contribution < 1.29 is 19.4 Å². The Balaban J connectivity index is 3.20. The van der Waals surface area contributed by atoms with Gasteiger partial charge in [0.15, 0.2) is 12.6 Å². The number of phenols is 1. The van der Waals surface area contributed by atoms with Crippen molar-refractivity contribution >= 4 is 5.78 Å². The van der Waals surface area contributed by atoms with Gasteiger partial charge in [-0.25, -0.2) is 0 Å². The zero-order valence-electron chi connectivity index (χ0n) is 11.8. The SMILES string of the molecule is COCOc1ccc(C(C)=O)c(O)c1CC=C(C)C. The van der Waals surface area contributed by atoms with E-state index in [-0.39, 0.29) is 18.3 Å². The van der Waals surface area contributed by atoms with Crippen molar-refractivity contribution in [1.29, 1.82) is 0 Å². The fourth-order valence-corrected chi connectivity index (χ4v) is 1.66. The van der Waals surface area contributed by atoms with Gasteiger partial charge in [0.25, 0.3) is 0 Å². The summed E-state index contributed by atoms with van der Waals surface area (Å²) in [6.07, 6.45) is 2.48. The fraction of sp³-hybridized carbons (Fsp3) is 0.400. The van der Waals surface area contributed by atoms with Crippen molar-refractivity contribution in [3.63, 3.8) is 0 Å². The van der Waals surface area contributed by atoms with E-state index >= 15 is 0 Å². The molecule has 4 heteroatoms. The number of Topliss-reactive ketones (excluding diaryl/α,β-unsaturated/α-hetero) is 1. The Morgan fingerprint density at radius 2 is 2.00 bits per heavy atom. The molecule has 0 aromatic heterocycles. The summed E-state index contributed by atoms with van der Waals surface area (Å²) in [6, 6.07) is 3.25. The van der Waals surface area contributed by atoms with Crippen LogP contribution < -0.4 is 4.74 Å². The molecule has 19 heavy (non-hydrogen) atoms. The summed E-state index contributed by atoms with van der Waals surface area (Å²) < 4.78 is 10.3. The number of rotatable bonds is 6. The quantitative estimate of drug-likeness (QED) is 0.487. The molecule has 1 aromatic rings. The maximum atomic E-state index is 11.4. The maximum Gasteiger partial charge on any atom is 0.188 e. The molecule has 0 unspecified atom stereocenters. The van der Waals surface area contributed by atoms with Gasteiger partial charge >= 0.3 is 0 Å². The number of methoxy groups -OCH3 is 1. The highest BCUT2D eigenvalue weighted by molar-refractivity contribution is 5.97. The highest BCUT2D eigenvalue weighted by Gasteiger charge is 2.15. The summed E-state index contributed by atoms with van der Waals surface area (Å²) in [7, 11) is 1.53. The van der Waals surface area contributed by atoms with Crippen LogP contribution in [0.5, 0.6) is 11.5 Å². The Morgan fingerprint density at radius 3 is 2.53 bits per heavy atom. The molecule has 0 amide bonds. The van der Waals surface area contributed by atoms with E-state index in [1.807, 2.05) is 19.9 Å². The molecule has 0 spiro atoms. The average Bonchev–Trinajstić information content (AvgIpc) is 2.34. The third-order valence-corrected chi connectivity index (χ3v) is 2.67. The zero-order valence-corrected chi connectivity index (χ0v) is 11.8. The van der Waals surface area contributed by atoms with Gasteiger partial charge in [-0.05, 0) is 39.3 Å². The van der Waals surface area contributed by atoms with E-state index in [1.165, 1.54) is 14.0 Å². The van der Waals surface area contributed by atoms with Crippen LogP contribution in [0.1, 0.15) is 36.7 Å². The van der Waals surface area contributed by atoms with Crippen molar-refractivity contribution in [3.05, 3.63) is 34.9 Å². The number of carbonyl (C=O) groups excluding carboxylic acids is 1. The number of phenolic OH excluding ortho intramolecular Hbond substituents is 1. The van der Waals surface area contributed by atoms with E-state index in [9.17, 15) is 9.90 Å². The van der Waals surface area contributed by atoms with Crippen LogP contribution in [0.3, 0.4) is 0 Å². The smallest absolute Gasteiger partial charge is 0.188 e. The van der Waals surface area contributed by atoms with Gasteiger partial charge in [-0.2, -0.15) is 0 Å². The zero-order chi connectivity index (χ0) is 14.4. The van der Waals surface area contributed by atoms with Crippen LogP contribution in [0.15, 0.2) is 23.8 Å². The summed E-state index contributed by atoms with van der Waals surface area (Å²) in [4.78, 5) is 11.4. The lowest BCUT2D eigenvalue weighted by molar-refractivity contribution is 0.0503. The molecule has 0 atom stereocenters. The first-order valence-corrected chi connectivity index (χ1v) is 6.08. The van der Waals surface area contributed by atoms with Crippen LogP contribution in [0.4, 0.5) is 0 Å². The number of ketones is 1. The molecule has 0 radical (unpaired) electrons. The lowest BCUT2D eigenvalue weighted by atomic mass is 10.0. The molecular formula is C15H20O4. The molecule has 0 bridgehead atoms. The highest BCUT2D eigenvalue weighted by atomic mass is 16.7. The second-order valence-electron chi connectivity index (χ2n) is 4.53. The second-order valence-corrected chi connectivity index (χ2v) is 4.53. The van der Waals surface area contributed by atoms with Crippen LogP contribution >= 0.6 is 0 Å². The third kappa shape index (κ3) is 4.10. The van der Waals surface area contributed by atoms with E-state index in [0.717, 1.165) is 5.57 Å². The van der Waals surface area contributed by atoms with Crippen molar-refractivity contribution in [2.45, 2.75) is 27.2 Å². The third-order valence-electron chi connectivity index (χ3n) is 2.67. The van der Waals surface area contributed by atoms with E-state index in [4.69, 9.17) is 9.47 Å². The summed E-state index contributed by atoms with van der Waals surface area (Å²) >= 11 is 0. The van der Waals surface area contributed by atoms with Crippen molar-refractivity contribution in [2.75, 3.05) is 13.9 Å². The molecule has 0 aliphatic rings. The van der Waals surface area contributed by atoms with Gasteiger partial charge in [0.05, 0.1) is 5.56 Å². The molecule has 0 aliphatic heterocycles. The molecule has 104 valence electrons. The first-order valence-electron chi connectivity index (χ1n) is 6.08. The van der Waals surface area contributed by atoms with Gasteiger partial charge in [0.2, 0.25) is 0 Å². The molecule has 0 heterocycles. The summed E-state index contributed by atoms with van der Waals surface area (Å²) in [5, 5.41) is 10.2. The molecule has 0 fully saturated rings. The number of aromatic hydroxyl groups is 1. The molecule has 0 saturated heterocycles. The summed E-state index contributed by atoms with van der Waals surface area (Å²) in [6.45, 7) is 5.47. The number of allylic oxidation sites excluding steroid dienone is 2. The van der Waals surface area contributed by atoms with Crippen LogP contribution in [0, 0.1) is 0 Å². The van der Waals surface area contributed by atoms with Gasteiger partial charge in [-0.3, -0.25) is 4.79 Å². The van der Waals surface area contributed by atoms with Crippen LogP contribution in [-0.4, -0.2) is 24.8 Å². The Morgan fingerprint density at radius 1 is 1.32 bits per heavy atom. The van der Waals surface area contributed by atoms with E-state index in [1.54, 1.807) is 12.1 Å². The largest absolute Gasteiger partial charge is 0.507 e. The summed E-state index contributed by atoms with van der Waals surface area (Å²) in [5.41, 5.74) is 2.04. The van der Waals surface area contributed by atoms with Gasteiger partial charge < -0.3 is 14.6 Å². The van der Waals surface area contributed by atoms with Gasteiger partial charge in [-0.15, -0.1) is 0 Å². The minimum absolute atomic E-state index is 0.0152. The molecule has 0 saturated carbocycles. The predicted molar refractivity (Wildman–Crippen MR) is 73.8 cm³/mol. The number of hydrogen-bond acceptors (Lipinski definition) is 4. The first-order chi connectivity index (χ1) is 8.97. The van der Waals surface area contributed by atoms with E-state index in [2.05, 4.69) is 0 Å². The Hall–Kier alpha value is -1.81. The molecule has 1 N–H and O–H groups in total. The Labute approximate surface area is 113 Å². The average molecular weight is 264 g/mol. The van der Waals surface area contributed by atoms with Crippen molar-refractivity contribution in [3.8, 4) is 11.5 Å². The molecule has 0 aliphatic carbocycles. The maximum absolute atomic E-state index is 11.4. The fourth-order valence-electron chi connectivity index (χ4n) is 1.66. The number of benzene rings is 1. The van der Waals surface area contributed by atoms with Crippen molar-refractivity contribution in [2.24, 2.45) is 0 Å².